The number of hydrazone groups is 1. The first-order valence-corrected chi connectivity index (χ1v) is 12.4. The summed E-state index contributed by atoms with van der Waals surface area (Å²) in [7, 11) is 0. The number of pyridine rings is 1. The van der Waals surface area contributed by atoms with E-state index < -0.39 is 0 Å². The van der Waals surface area contributed by atoms with E-state index in [9.17, 15) is 0 Å². The van der Waals surface area contributed by atoms with Crippen LogP contribution in [0.25, 0.3) is 11.1 Å². The molecule has 2 aliphatic rings. The molecule has 0 saturated carbocycles. The molecule has 1 N–H and O–H groups in total. The van der Waals surface area contributed by atoms with Gasteiger partial charge in [0.15, 0.2) is 0 Å². The van der Waals surface area contributed by atoms with Crippen molar-refractivity contribution < 1.29 is 0 Å². The Morgan fingerprint density at radius 2 is 1.86 bits per heavy atom. The van der Waals surface area contributed by atoms with Crippen LogP contribution in [-0.4, -0.2) is 60.2 Å². The van der Waals surface area contributed by atoms with Crippen LogP contribution in [0.5, 0.6) is 0 Å². The average Bonchev–Trinajstić information content (AvgIpc) is 2.90. The van der Waals surface area contributed by atoms with Crippen molar-refractivity contribution in [1.29, 1.82) is 0 Å². The molecule has 0 radical (unpaired) electrons. The summed E-state index contributed by atoms with van der Waals surface area (Å²) in [6.45, 7) is 15.2. The van der Waals surface area contributed by atoms with Gasteiger partial charge in [-0.1, -0.05) is 48.1 Å². The second-order valence-electron chi connectivity index (χ2n) is 9.05. The van der Waals surface area contributed by atoms with Crippen molar-refractivity contribution in [1.82, 2.24) is 20.2 Å². The Morgan fingerprint density at radius 3 is 2.49 bits per heavy atom. The minimum Gasteiger partial charge on any atom is -0.314 e. The second-order valence-corrected chi connectivity index (χ2v) is 9.05. The smallest absolute Gasteiger partial charge is 0.122 e. The van der Waals surface area contributed by atoms with Crippen LogP contribution in [-0.2, 0) is 13.0 Å². The van der Waals surface area contributed by atoms with Gasteiger partial charge >= 0.3 is 0 Å². The van der Waals surface area contributed by atoms with Crippen LogP contribution in [0.3, 0.4) is 0 Å². The quantitative estimate of drug-likeness (QED) is 0.248. The first-order valence-electron chi connectivity index (χ1n) is 12.4. The van der Waals surface area contributed by atoms with E-state index in [1.807, 2.05) is 18.1 Å². The highest BCUT2D eigenvalue weighted by atomic mass is 15.5. The predicted octanol–water partition coefficient (Wildman–Crippen LogP) is 4.82. The van der Waals surface area contributed by atoms with Gasteiger partial charge in [-0.05, 0) is 49.5 Å². The summed E-state index contributed by atoms with van der Waals surface area (Å²) in [5, 5.41) is 9.38. The molecule has 2 heterocycles. The van der Waals surface area contributed by atoms with Gasteiger partial charge in [-0.3, -0.25) is 14.9 Å². The number of benzene rings is 1. The van der Waals surface area contributed by atoms with Gasteiger partial charge in [-0.25, -0.2) is 5.01 Å². The maximum absolute atomic E-state index is 4.72. The zero-order valence-electron chi connectivity index (χ0n) is 20.8. The molecule has 0 spiro atoms. The first-order chi connectivity index (χ1) is 17.2. The fraction of sp³-hybridized carbons (Fsp3) is 0.345. The number of aromatic nitrogens is 1. The normalized spacial score (nSPS) is 16.9. The summed E-state index contributed by atoms with van der Waals surface area (Å²) in [5.41, 5.74) is 7.37. The monoisotopic (exact) mass is 468 g/mol. The van der Waals surface area contributed by atoms with Crippen molar-refractivity contribution in [3.8, 4) is 11.1 Å². The van der Waals surface area contributed by atoms with Crippen LogP contribution in [0.1, 0.15) is 31.0 Å². The van der Waals surface area contributed by atoms with Gasteiger partial charge in [0.05, 0.1) is 12.2 Å². The summed E-state index contributed by atoms with van der Waals surface area (Å²) in [5.74, 6) is 0.838. The number of allylic oxidation sites excluding steroid dienone is 4. The third-order valence-corrected chi connectivity index (χ3v) is 6.52. The molecule has 6 heteroatoms. The number of aliphatic imine (C=N–C) groups is 1. The summed E-state index contributed by atoms with van der Waals surface area (Å²) in [4.78, 5) is 11.6. The summed E-state index contributed by atoms with van der Waals surface area (Å²) in [6, 6.07) is 13.2. The number of piperazine rings is 1. The summed E-state index contributed by atoms with van der Waals surface area (Å²) >= 11 is 0. The van der Waals surface area contributed by atoms with E-state index in [0.29, 0.717) is 6.54 Å². The maximum Gasteiger partial charge on any atom is 0.122 e. The van der Waals surface area contributed by atoms with E-state index >= 15 is 0 Å². The Labute approximate surface area is 209 Å². The molecule has 182 valence electrons. The highest BCUT2D eigenvalue weighted by Gasteiger charge is 2.15. The fourth-order valence-electron chi connectivity index (χ4n) is 4.52. The van der Waals surface area contributed by atoms with Gasteiger partial charge in [-0.15, -0.1) is 6.58 Å². The van der Waals surface area contributed by atoms with Crippen LogP contribution in [0.15, 0.2) is 88.8 Å². The van der Waals surface area contributed by atoms with Crippen molar-refractivity contribution >= 4 is 12.6 Å². The molecule has 2 aromatic rings. The van der Waals surface area contributed by atoms with Gasteiger partial charge in [0.1, 0.15) is 5.84 Å². The van der Waals surface area contributed by atoms with Crippen molar-refractivity contribution in [2.45, 2.75) is 32.7 Å². The zero-order valence-corrected chi connectivity index (χ0v) is 20.8. The topological polar surface area (TPSA) is 56.1 Å². The molecule has 1 fully saturated rings. The molecular weight excluding hydrogens is 432 g/mol. The van der Waals surface area contributed by atoms with Crippen molar-refractivity contribution in [3.05, 3.63) is 89.9 Å². The number of nitrogens with zero attached hydrogens (tertiary/aromatic N) is 5. The number of amidine groups is 1. The van der Waals surface area contributed by atoms with E-state index in [0.717, 1.165) is 74.8 Å². The lowest BCUT2D eigenvalue weighted by Gasteiger charge is -2.26. The highest BCUT2D eigenvalue weighted by molar-refractivity contribution is 5.81. The Balaban J connectivity index is 1.35. The first kappa shape index (κ1) is 24.8. The van der Waals surface area contributed by atoms with Crippen LogP contribution >= 0.6 is 0 Å². The van der Waals surface area contributed by atoms with E-state index in [2.05, 4.69) is 82.2 Å². The molecule has 1 aromatic carbocycles. The average molecular weight is 469 g/mol. The minimum absolute atomic E-state index is 0.582. The molecule has 35 heavy (non-hydrogen) atoms. The highest BCUT2D eigenvalue weighted by Crippen LogP contribution is 2.26. The largest absolute Gasteiger partial charge is 0.314 e. The third kappa shape index (κ3) is 6.84. The van der Waals surface area contributed by atoms with E-state index in [-0.39, 0.29) is 0 Å². The molecule has 1 aliphatic heterocycles. The lowest BCUT2D eigenvalue weighted by molar-refractivity contribution is 0.231. The van der Waals surface area contributed by atoms with Gasteiger partial charge in [-0.2, -0.15) is 5.10 Å². The SMILES string of the molecule is C=CCN=C(C)N(N=C)C1=CC=C(Cc2ccc(-c3ccc(CN4CCNCC4)nc3)cc2)CC1. The Morgan fingerprint density at radius 1 is 1.09 bits per heavy atom. The van der Waals surface area contributed by atoms with E-state index in [4.69, 9.17) is 4.98 Å². The summed E-state index contributed by atoms with van der Waals surface area (Å²) in [6.07, 6.45) is 11.0. The zero-order chi connectivity index (χ0) is 24.5. The second kappa shape index (κ2) is 12.4. The van der Waals surface area contributed by atoms with Crippen LogP contribution < -0.4 is 5.32 Å². The molecule has 0 amide bonds. The molecule has 0 atom stereocenters. The standard InChI is InChI=1S/C29H36N6/c1-4-15-32-23(2)35(30-3)29-13-7-25(8-14-29)20-24-5-9-26(10-6-24)27-11-12-28(33-21-27)22-34-18-16-31-17-19-34/h4-7,9-13,21,31H,1,3,8,14-20,22H2,2H3. The van der Waals surface area contributed by atoms with E-state index in [1.54, 1.807) is 6.08 Å². The number of hydrogen-bond acceptors (Lipinski definition) is 5. The molecule has 1 saturated heterocycles. The Kier molecular flexibility index (Phi) is 8.76. The molecule has 6 nitrogen and oxygen atoms in total. The van der Waals surface area contributed by atoms with Gasteiger partial charge < -0.3 is 5.32 Å². The van der Waals surface area contributed by atoms with Crippen molar-refractivity contribution in [2.24, 2.45) is 10.1 Å². The van der Waals surface area contributed by atoms with Gasteiger partial charge in [0.25, 0.3) is 0 Å². The minimum atomic E-state index is 0.582. The molecule has 0 bridgehead atoms. The molecular formula is C29H36N6. The van der Waals surface area contributed by atoms with Crippen LogP contribution in [0.4, 0.5) is 0 Å². The lowest BCUT2D eigenvalue weighted by atomic mass is 9.95. The number of hydrogen-bond donors (Lipinski definition) is 1. The lowest BCUT2D eigenvalue weighted by Crippen LogP contribution is -2.43. The molecule has 1 aromatic heterocycles. The van der Waals surface area contributed by atoms with Crippen LogP contribution in [0, 0.1) is 0 Å². The van der Waals surface area contributed by atoms with E-state index in [1.165, 1.54) is 16.7 Å². The van der Waals surface area contributed by atoms with Crippen molar-refractivity contribution in [2.75, 3.05) is 32.7 Å². The van der Waals surface area contributed by atoms with Crippen LogP contribution in [0.2, 0.25) is 0 Å². The van der Waals surface area contributed by atoms with Gasteiger partial charge in [0.2, 0.25) is 0 Å². The Bertz CT molecular complexity index is 1090. The Hall–Kier alpha value is -3.35. The molecule has 1 aliphatic carbocycles. The fourth-order valence-corrected chi connectivity index (χ4v) is 4.52. The molecule has 0 unspecified atom stereocenters. The maximum atomic E-state index is 4.72. The van der Waals surface area contributed by atoms with Crippen molar-refractivity contribution in [3.63, 3.8) is 0 Å². The van der Waals surface area contributed by atoms with Gasteiger partial charge in [0, 0.05) is 56.9 Å². The molecule has 4 rings (SSSR count). The number of nitrogens with one attached hydrogen (secondary N) is 1. The predicted molar refractivity (Wildman–Crippen MR) is 146 cm³/mol. The summed E-state index contributed by atoms with van der Waals surface area (Å²) < 4.78 is 0. The number of rotatable bonds is 9. The third-order valence-electron chi connectivity index (χ3n) is 6.52.